The predicted molar refractivity (Wildman–Crippen MR) is 126 cm³/mol. The van der Waals surface area contributed by atoms with Crippen LogP contribution in [0.1, 0.15) is 0 Å². The number of halogens is 20. The summed E-state index contributed by atoms with van der Waals surface area (Å²) in [5.41, 5.74) is -7.55. The van der Waals surface area contributed by atoms with Gasteiger partial charge in [-0.2, -0.15) is 0 Å². The number of rotatable bonds is 4. The van der Waals surface area contributed by atoms with Gasteiger partial charge >= 0.3 is 411 Å². The summed E-state index contributed by atoms with van der Waals surface area (Å²) in [5, 5.41) is 80.8. The first-order chi connectivity index (χ1) is 25.5. The zero-order chi connectivity index (χ0) is 44.2. The molecule has 0 aliphatic carbocycles. The van der Waals surface area contributed by atoms with E-state index in [0.717, 1.165) is 0 Å². The van der Waals surface area contributed by atoms with Gasteiger partial charge in [0.2, 0.25) is 0 Å². The summed E-state index contributed by atoms with van der Waals surface area (Å²) >= 11 is 0. The molecule has 64 heavy (non-hydrogen) atoms. The first-order valence-corrected chi connectivity index (χ1v) is 12.8. The van der Waals surface area contributed by atoms with Crippen LogP contribution in [0.3, 0.4) is 0 Å². The van der Waals surface area contributed by atoms with Gasteiger partial charge in [0.1, 0.15) is 0 Å². The fourth-order valence-electron chi connectivity index (χ4n) is 3.32. The summed E-state index contributed by atoms with van der Waals surface area (Å²) in [7, 11) is -13.1. The van der Waals surface area contributed by atoms with Gasteiger partial charge in [0.25, 0.3) is 0 Å². The van der Waals surface area contributed by atoms with E-state index in [0.29, 0.717) is 0 Å². The first kappa shape index (κ1) is 89.1. The molecular weight excluding hydrogens is 1150 g/mol. The van der Waals surface area contributed by atoms with Gasteiger partial charge in [0, 0.05) is 0 Å². The van der Waals surface area contributed by atoms with E-state index in [1.807, 2.05) is 0 Å². The van der Waals surface area contributed by atoms with Crippen molar-refractivity contribution in [2.45, 2.75) is 0 Å². The summed E-state index contributed by atoms with van der Waals surface area (Å²) in [4.78, 5) is 0. The molecule has 4 rings (SSSR count). The molecule has 0 radical (unpaired) electrons. The van der Waals surface area contributed by atoms with Crippen molar-refractivity contribution < 1.29 is 539 Å². The summed E-state index contributed by atoms with van der Waals surface area (Å²) in [6.07, 6.45) is 0. The molecule has 0 unspecified atom stereocenters. The molecule has 0 bridgehead atoms. The van der Waals surface area contributed by atoms with Crippen LogP contribution in [-0.4, -0.2) is 28.5 Å². The van der Waals surface area contributed by atoms with Crippen molar-refractivity contribution in [2.24, 2.45) is 0 Å². The Morgan fingerprint density at radius 1 is 0.156 bits per heavy atom. The van der Waals surface area contributed by atoms with Crippen LogP contribution in [0.4, 0.5) is 87.8 Å². The van der Waals surface area contributed by atoms with Crippen molar-refractivity contribution in [1.82, 2.24) is 0 Å². The average Bonchev–Trinajstić information content (AvgIpc) is 3.11. The maximum atomic E-state index is 12.5. The second-order valence-electron chi connectivity index (χ2n) is 9.26. The molecule has 304 valence electrons. The van der Waals surface area contributed by atoms with Crippen molar-refractivity contribution >= 4 is 50.3 Å². The summed E-state index contributed by atoms with van der Waals surface area (Å²) in [6, 6.07) is 0. The monoisotopic (exact) mass is 1150 g/mol. The van der Waals surface area contributed by atoms with Crippen LogP contribution < -0.4 is 473 Å². The van der Waals surface area contributed by atoms with Gasteiger partial charge in [0.15, 0.2) is 116 Å². The minimum Gasteiger partial charge on any atom is -0.889 e. The van der Waals surface area contributed by atoms with Crippen LogP contribution in [-0.2, 0) is 0 Å². The molecule has 0 heterocycles. The Balaban J connectivity index is -0.000000105. The van der Waals surface area contributed by atoms with Crippen molar-refractivity contribution in [3.8, 4) is 0 Å². The van der Waals surface area contributed by atoms with E-state index in [1.165, 1.54) is 0 Å². The summed E-state index contributed by atoms with van der Waals surface area (Å²) < 4.78 is 248. The van der Waals surface area contributed by atoms with Crippen molar-refractivity contribution in [1.29, 1.82) is 0 Å². The molecule has 0 aliphatic heterocycles. The van der Waals surface area contributed by atoms with E-state index in [1.54, 1.807) is 0 Å². The average molecular weight is 1150 g/mol. The Morgan fingerprint density at radius 2 is 0.219 bits per heavy atom. The Morgan fingerprint density at radius 3 is 0.281 bits per heavy atom. The van der Waals surface area contributed by atoms with Crippen LogP contribution >= 0.6 is 0 Å². The third kappa shape index (κ3) is 23.5. The normalized spacial score (nSPS) is 9.19. The van der Waals surface area contributed by atoms with Gasteiger partial charge in [-0.15, -0.1) is 0 Å². The van der Waals surface area contributed by atoms with Gasteiger partial charge in [-0.05, 0) is 21.9 Å². The zero-order valence-electron chi connectivity index (χ0n) is 33.1. The van der Waals surface area contributed by atoms with Crippen molar-refractivity contribution in [3.05, 3.63) is 116 Å². The number of hydrogen-bond acceptors (Lipinski definition) is 8. The van der Waals surface area contributed by atoms with Gasteiger partial charge in [-0.1, -0.05) is 28.5 Å². The fourth-order valence-corrected chi connectivity index (χ4v) is 3.32. The van der Waals surface area contributed by atoms with Crippen LogP contribution in [0.5, 0.6) is 0 Å². The quantitative estimate of drug-likeness (QED) is 0.0836. The molecule has 4 aromatic carbocycles. The maximum absolute atomic E-state index is 12.5. The SMILES string of the molecule is [K+].[K+].[K+].[K+].[K+].[K+].[K+].[K+].[O-]B([O-])c1c(F)c(F)c(F)c(F)c1F.[O-]B([O-])c1c(F)c(F)c(F)c(F)c1F.[O-]B([O-])c1c(F)c(F)c(F)c(F)c1F.[O-]B([O-])c1c(F)c(F)c(F)c(F)c1F. The van der Waals surface area contributed by atoms with Crippen LogP contribution in [0, 0.1) is 116 Å². The van der Waals surface area contributed by atoms with E-state index in [2.05, 4.69) is 0 Å². The predicted octanol–water partition coefficient (Wildman–Crippen LogP) is -28.8. The molecule has 0 amide bonds. The smallest absolute Gasteiger partial charge is 0.889 e. The molecule has 0 spiro atoms. The fraction of sp³-hybridized carbons (Fsp3) is 0. The van der Waals surface area contributed by atoms with Gasteiger partial charge in [-0.3, -0.25) is 0 Å². The minimum absolute atomic E-state index is 0. The van der Waals surface area contributed by atoms with Crippen LogP contribution in [0.15, 0.2) is 0 Å². The molecular formula is C24B4F20K8O8. The number of hydrogen-bond donors (Lipinski definition) is 0. The summed E-state index contributed by atoms with van der Waals surface area (Å²) in [5.74, 6) is -47.0. The Labute approximate surface area is 686 Å². The molecule has 8 nitrogen and oxygen atoms in total. The maximum Gasteiger partial charge on any atom is 1.00 e. The minimum atomic E-state index is -3.26. The van der Waals surface area contributed by atoms with Gasteiger partial charge in [0.05, 0.1) is 0 Å². The van der Waals surface area contributed by atoms with Crippen molar-refractivity contribution in [2.75, 3.05) is 0 Å². The van der Waals surface area contributed by atoms with E-state index in [-0.39, 0.29) is 411 Å². The third-order valence-corrected chi connectivity index (χ3v) is 5.92. The van der Waals surface area contributed by atoms with Gasteiger partial charge < -0.3 is 40.2 Å². The molecule has 0 aliphatic rings. The van der Waals surface area contributed by atoms with Crippen molar-refractivity contribution in [3.63, 3.8) is 0 Å². The molecule has 0 saturated carbocycles. The third-order valence-electron chi connectivity index (χ3n) is 5.92. The van der Waals surface area contributed by atoms with Crippen LogP contribution in [0.2, 0.25) is 0 Å². The molecule has 0 saturated heterocycles. The zero-order valence-corrected chi connectivity index (χ0v) is 58.1. The Hall–Kier alpha value is 8.51. The molecule has 0 atom stereocenters. The second-order valence-corrected chi connectivity index (χ2v) is 9.26. The summed E-state index contributed by atoms with van der Waals surface area (Å²) in [6.45, 7) is 0. The van der Waals surface area contributed by atoms with E-state index >= 15 is 0 Å². The second kappa shape index (κ2) is 41.5. The largest absolute Gasteiger partial charge is 1.00 e. The number of benzene rings is 4. The molecule has 4 aromatic rings. The van der Waals surface area contributed by atoms with E-state index in [9.17, 15) is 128 Å². The van der Waals surface area contributed by atoms with Crippen LogP contribution in [0.25, 0.3) is 0 Å². The molecule has 0 N–H and O–H groups in total. The standard InChI is InChI=1S/4C6BF5O2.8K/c4*8-2-1(7(13)14)3(9)5(11)6(12)4(2)10;;;;;;;;/q4*-2;8*+1. The van der Waals surface area contributed by atoms with E-state index < -0.39 is 167 Å². The Bertz CT molecular complexity index is 1740. The Kier molecular flexibility index (Phi) is 57.8. The molecule has 0 aromatic heterocycles. The molecule has 0 fully saturated rings. The first-order valence-electron chi connectivity index (χ1n) is 12.8. The molecule has 40 heteroatoms. The topological polar surface area (TPSA) is 184 Å². The van der Waals surface area contributed by atoms with Gasteiger partial charge in [-0.25, -0.2) is 87.8 Å². The van der Waals surface area contributed by atoms with E-state index in [4.69, 9.17) is 0 Å².